The molecule has 1 rings (SSSR count). The normalized spacial score (nSPS) is 11.0. The van der Waals surface area contributed by atoms with E-state index in [0.29, 0.717) is 12.3 Å². The van der Waals surface area contributed by atoms with Gasteiger partial charge in [-0.15, -0.1) is 0 Å². The summed E-state index contributed by atoms with van der Waals surface area (Å²) in [5.74, 6) is 0.468. The predicted octanol–water partition coefficient (Wildman–Crippen LogP) is 1.87. The largest absolute Gasteiger partial charge is 0.481 e. The van der Waals surface area contributed by atoms with Crippen LogP contribution in [-0.4, -0.2) is 20.6 Å². The van der Waals surface area contributed by atoms with Gasteiger partial charge >= 0.3 is 5.97 Å². The Kier molecular flexibility index (Phi) is 3.50. The van der Waals surface area contributed by atoms with E-state index in [1.165, 1.54) is 0 Å². The maximum absolute atomic E-state index is 10.5. The minimum absolute atomic E-state index is 0.141. The lowest BCUT2D eigenvalue weighted by Gasteiger charge is -2.02. The second-order valence-corrected chi connectivity index (χ2v) is 4.11. The molecule has 0 saturated carbocycles. The first kappa shape index (κ1) is 11.8. The summed E-state index contributed by atoms with van der Waals surface area (Å²) < 4.78 is 1.98. The molecule has 0 atom stereocenters. The highest BCUT2D eigenvalue weighted by atomic mass is 16.4. The zero-order valence-electron chi connectivity index (χ0n) is 9.74. The molecule has 0 amide bonds. The quantitative estimate of drug-likeness (QED) is 0.825. The molecule has 0 aliphatic rings. The van der Waals surface area contributed by atoms with Crippen molar-refractivity contribution in [3.63, 3.8) is 0 Å². The van der Waals surface area contributed by atoms with Crippen molar-refractivity contribution < 1.29 is 9.90 Å². The summed E-state index contributed by atoms with van der Waals surface area (Å²) in [6.07, 6.45) is 0.640. The molecular weight excluding hydrogens is 192 g/mol. The van der Waals surface area contributed by atoms with Gasteiger partial charge < -0.3 is 9.67 Å². The molecule has 1 aromatic rings. The van der Waals surface area contributed by atoms with Crippen molar-refractivity contribution >= 4 is 5.97 Å². The Morgan fingerprint density at radius 2 is 2.13 bits per heavy atom. The lowest BCUT2D eigenvalue weighted by atomic mass is 10.1. The van der Waals surface area contributed by atoms with Gasteiger partial charge in [-0.2, -0.15) is 0 Å². The van der Waals surface area contributed by atoms with Gasteiger partial charge in [0.1, 0.15) is 5.82 Å². The Morgan fingerprint density at radius 3 is 2.53 bits per heavy atom. The molecule has 1 N–H and O–H groups in total. The van der Waals surface area contributed by atoms with E-state index in [4.69, 9.17) is 5.11 Å². The Bertz CT molecular complexity index is 367. The van der Waals surface area contributed by atoms with Gasteiger partial charge in [-0.1, -0.05) is 13.8 Å². The van der Waals surface area contributed by atoms with Crippen LogP contribution in [0.1, 0.15) is 43.4 Å². The van der Waals surface area contributed by atoms with Gasteiger partial charge in [-0.05, 0) is 12.8 Å². The standard InChI is InChI=1S/C11H18N2O2/c1-7(2)11-8(3)13(4)9(12-11)5-6-10(14)15/h7H,5-6H2,1-4H3,(H,14,15). The van der Waals surface area contributed by atoms with Crippen molar-refractivity contribution in [2.75, 3.05) is 0 Å². The fourth-order valence-electron chi connectivity index (χ4n) is 1.65. The molecule has 0 unspecified atom stereocenters. The molecule has 0 spiro atoms. The number of imidazole rings is 1. The zero-order valence-corrected chi connectivity index (χ0v) is 9.74. The van der Waals surface area contributed by atoms with Crippen LogP contribution in [0.15, 0.2) is 0 Å². The minimum Gasteiger partial charge on any atom is -0.481 e. The number of aryl methyl sites for hydroxylation is 1. The predicted molar refractivity (Wildman–Crippen MR) is 58.0 cm³/mol. The van der Waals surface area contributed by atoms with Crippen LogP contribution in [0.4, 0.5) is 0 Å². The Labute approximate surface area is 89.9 Å². The van der Waals surface area contributed by atoms with Crippen LogP contribution in [0.3, 0.4) is 0 Å². The van der Waals surface area contributed by atoms with E-state index in [2.05, 4.69) is 18.8 Å². The summed E-state index contributed by atoms with van der Waals surface area (Å²) in [5, 5.41) is 8.61. The summed E-state index contributed by atoms with van der Waals surface area (Å²) in [5.41, 5.74) is 2.20. The van der Waals surface area contributed by atoms with Crippen molar-refractivity contribution in [2.24, 2.45) is 7.05 Å². The lowest BCUT2D eigenvalue weighted by molar-refractivity contribution is -0.137. The number of rotatable bonds is 4. The summed E-state index contributed by atoms with van der Waals surface area (Å²) in [6, 6.07) is 0. The van der Waals surface area contributed by atoms with E-state index in [0.717, 1.165) is 17.2 Å². The molecule has 4 heteroatoms. The average molecular weight is 210 g/mol. The average Bonchev–Trinajstić information content (AvgIpc) is 2.41. The highest BCUT2D eigenvalue weighted by Crippen LogP contribution is 2.19. The van der Waals surface area contributed by atoms with Crippen LogP contribution < -0.4 is 0 Å². The van der Waals surface area contributed by atoms with Gasteiger partial charge in [-0.25, -0.2) is 4.98 Å². The van der Waals surface area contributed by atoms with Gasteiger partial charge in [-0.3, -0.25) is 4.79 Å². The second kappa shape index (κ2) is 4.47. The smallest absolute Gasteiger partial charge is 0.303 e. The number of aromatic nitrogens is 2. The molecule has 4 nitrogen and oxygen atoms in total. The van der Waals surface area contributed by atoms with Gasteiger partial charge in [0.2, 0.25) is 0 Å². The number of carboxylic acid groups (broad SMARTS) is 1. The number of carbonyl (C=O) groups is 1. The molecule has 15 heavy (non-hydrogen) atoms. The molecule has 0 aromatic carbocycles. The van der Waals surface area contributed by atoms with Crippen LogP contribution in [0.5, 0.6) is 0 Å². The molecule has 84 valence electrons. The maximum atomic E-state index is 10.5. The van der Waals surface area contributed by atoms with Crippen LogP contribution in [0.2, 0.25) is 0 Å². The molecular formula is C11H18N2O2. The van der Waals surface area contributed by atoms with Crippen LogP contribution in [0, 0.1) is 6.92 Å². The van der Waals surface area contributed by atoms with E-state index in [1.807, 2.05) is 18.5 Å². The molecule has 0 saturated heterocycles. The number of carboxylic acids is 1. The van der Waals surface area contributed by atoms with E-state index in [1.54, 1.807) is 0 Å². The maximum Gasteiger partial charge on any atom is 0.303 e. The lowest BCUT2D eigenvalue weighted by Crippen LogP contribution is -2.03. The SMILES string of the molecule is Cc1c(C(C)C)nc(CCC(=O)O)n1C. The highest BCUT2D eigenvalue weighted by Gasteiger charge is 2.14. The first-order valence-electron chi connectivity index (χ1n) is 5.17. The fourth-order valence-corrected chi connectivity index (χ4v) is 1.65. The molecule has 0 fully saturated rings. The van der Waals surface area contributed by atoms with Crippen molar-refractivity contribution in [3.8, 4) is 0 Å². The van der Waals surface area contributed by atoms with E-state index in [-0.39, 0.29) is 6.42 Å². The molecule has 1 aromatic heterocycles. The number of nitrogens with zero attached hydrogens (tertiary/aromatic N) is 2. The van der Waals surface area contributed by atoms with Crippen LogP contribution >= 0.6 is 0 Å². The van der Waals surface area contributed by atoms with Gasteiger partial charge in [0.05, 0.1) is 12.1 Å². The molecule has 0 aliphatic heterocycles. The number of hydrogen-bond donors (Lipinski definition) is 1. The third-order valence-electron chi connectivity index (χ3n) is 2.62. The van der Waals surface area contributed by atoms with E-state index in [9.17, 15) is 4.79 Å². The van der Waals surface area contributed by atoms with Crippen molar-refractivity contribution in [3.05, 3.63) is 17.2 Å². The van der Waals surface area contributed by atoms with Crippen molar-refractivity contribution in [2.45, 2.75) is 39.5 Å². The highest BCUT2D eigenvalue weighted by molar-refractivity contribution is 5.66. The van der Waals surface area contributed by atoms with Gasteiger partial charge in [0.15, 0.2) is 0 Å². The second-order valence-electron chi connectivity index (χ2n) is 4.11. The fraction of sp³-hybridized carbons (Fsp3) is 0.636. The third kappa shape index (κ3) is 2.58. The summed E-state index contributed by atoms with van der Waals surface area (Å²) in [7, 11) is 1.94. The molecule has 0 aliphatic carbocycles. The van der Waals surface area contributed by atoms with E-state index < -0.39 is 5.97 Å². The van der Waals surface area contributed by atoms with Crippen LogP contribution in [-0.2, 0) is 18.3 Å². The summed E-state index contributed by atoms with van der Waals surface area (Å²) in [6.45, 7) is 6.21. The van der Waals surface area contributed by atoms with Gasteiger partial charge in [0.25, 0.3) is 0 Å². The number of hydrogen-bond acceptors (Lipinski definition) is 2. The third-order valence-corrected chi connectivity index (χ3v) is 2.62. The first-order valence-corrected chi connectivity index (χ1v) is 5.17. The van der Waals surface area contributed by atoms with E-state index >= 15 is 0 Å². The summed E-state index contributed by atoms with van der Waals surface area (Å²) >= 11 is 0. The number of aliphatic carboxylic acids is 1. The molecule has 0 bridgehead atoms. The summed E-state index contributed by atoms with van der Waals surface area (Å²) in [4.78, 5) is 15.0. The molecule has 0 radical (unpaired) electrons. The van der Waals surface area contributed by atoms with Crippen molar-refractivity contribution in [1.29, 1.82) is 0 Å². The topological polar surface area (TPSA) is 55.1 Å². The van der Waals surface area contributed by atoms with Crippen molar-refractivity contribution in [1.82, 2.24) is 9.55 Å². The van der Waals surface area contributed by atoms with Gasteiger partial charge in [0, 0.05) is 19.2 Å². The Morgan fingerprint density at radius 1 is 1.53 bits per heavy atom. The zero-order chi connectivity index (χ0) is 11.6. The monoisotopic (exact) mass is 210 g/mol. The minimum atomic E-state index is -0.776. The molecule has 1 heterocycles. The first-order chi connectivity index (χ1) is 6.93. The Hall–Kier alpha value is -1.32. The Balaban J connectivity index is 2.90. The van der Waals surface area contributed by atoms with Crippen LogP contribution in [0.25, 0.3) is 0 Å².